The molecule has 1 unspecified atom stereocenters. The monoisotopic (exact) mass is 783 g/mol. The molecular weight excluding hydrogens is 693 g/mol. The van der Waals surface area contributed by atoms with Gasteiger partial charge in [0.25, 0.3) is 0 Å². The van der Waals surface area contributed by atoms with E-state index in [0.717, 1.165) is 89.9 Å². The van der Waals surface area contributed by atoms with Crippen molar-refractivity contribution in [3.8, 4) is 0 Å². The minimum atomic E-state index is -0.544. The SMILES string of the molecule is CC/C=C\C/C=C\C/C=C\CCCCCCCCCC(=O)OCC(COCCCCCCCCCC)OC(=O)CCCCCCC/C=C\C/C=C\CCCCC. The van der Waals surface area contributed by atoms with Gasteiger partial charge in [-0.05, 0) is 83.5 Å². The molecule has 0 rings (SSSR count). The fourth-order valence-electron chi connectivity index (χ4n) is 6.49. The maximum atomic E-state index is 12.7. The van der Waals surface area contributed by atoms with Crippen LogP contribution in [-0.2, 0) is 23.8 Å². The quantitative estimate of drug-likeness (QED) is 0.0350. The summed E-state index contributed by atoms with van der Waals surface area (Å²) in [5, 5.41) is 0. The van der Waals surface area contributed by atoms with Crippen LogP contribution in [0, 0.1) is 0 Å². The topological polar surface area (TPSA) is 61.8 Å². The molecule has 0 aliphatic carbocycles. The van der Waals surface area contributed by atoms with Crippen LogP contribution in [0.25, 0.3) is 0 Å². The number of hydrogen-bond donors (Lipinski definition) is 0. The van der Waals surface area contributed by atoms with Crippen LogP contribution in [0.4, 0.5) is 0 Å². The standard InChI is InChI=1S/C51H90O5/c1-4-7-10-13-16-19-21-23-25-26-28-29-31-33-35-38-41-44-50(52)55-48-49(47-54-46-43-40-37-18-15-12-9-6-3)56-51(53)45-42-39-36-34-32-30-27-24-22-20-17-14-11-8-5-2/h7,10,16-17,19-20,23-25,27,49H,4-6,8-9,11-15,18,21-22,26,28-48H2,1-3H3/b10-7-,19-16-,20-17-,25-23-,27-24-. The van der Waals surface area contributed by atoms with Crippen molar-refractivity contribution in [2.24, 2.45) is 0 Å². The van der Waals surface area contributed by atoms with Crippen LogP contribution in [-0.4, -0.2) is 37.9 Å². The third-order valence-corrected chi connectivity index (χ3v) is 10.0. The molecule has 0 bridgehead atoms. The lowest BCUT2D eigenvalue weighted by Gasteiger charge is -2.18. The van der Waals surface area contributed by atoms with Crippen molar-refractivity contribution in [1.29, 1.82) is 0 Å². The van der Waals surface area contributed by atoms with Crippen LogP contribution in [0.15, 0.2) is 60.8 Å². The number of unbranched alkanes of at least 4 members (excludes halogenated alkanes) is 22. The first-order valence-electron chi connectivity index (χ1n) is 23.8. The highest BCUT2D eigenvalue weighted by atomic mass is 16.6. The lowest BCUT2D eigenvalue weighted by atomic mass is 10.1. The minimum absolute atomic E-state index is 0.0746. The van der Waals surface area contributed by atoms with E-state index in [1.165, 1.54) is 103 Å². The molecule has 0 N–H and O–H groups in total. The Morgan fingerprint density at radius 1 is 0.411 bits per heavy atom. The van der Waals surface area contributed by atoms with E-state index in [-0.39, 0.29) is 25.2 Å². The molecule has 0 aliphatic heterocycles. The van der Waals surface area contributed by atoms with Gasteiger partial charge in [-0.15, -0.1) is 0 Å². The number of allylic oxidation sites excluding steroid dienone is 10. The summed E-state index contributed by atoms with van der Waals surface area (Å²) in [7, 11) is 0. The second kappa shape index (κ2) is 47.0. The van der Waals surface area contributed by atoms with Crippen molar-refractivity contribution >= 4 is 11.9 Å². The number of hydrogen-bond acceptors (Lipinski definition) is 5. The second-order valence-electron chi connectivity index (χ2n) is 15.6. The Bertz CT molecular complexity index is 977. The highest BCUT2D eigenvalue weighted by Gasteiger charge is 2.17. The lowest BCUT2D eigenvalue weighted by molar-refractivity contribution is -0.163. The van der Waals surface area contributed by atoms with Crippen molar-refractivity contribution in [2.75, 3.05) is 19.8 Å². The van der Waals surface area contributed by atoms with E-state index >= 15 is 0 Å². The van der Waals surface area contributed by atoms with E-state index in [0.29, 0.717) is 19.4 Å². The summed E-state index contributed by atoms with van der Waals surface area (Å²) in [5.74, 6) is -0.423. The summed E-state index contributed by atoms with van der Waals surface area (Å²) in [6, 6.07) is 0. The highest BCUT2D eigenvalue weighted by Crippen LogP contribution is 2.13. The van der Waals surface area contributed by atoms with Gasteiger partial charge in [0, 0.05) is 19.4 Å². The average Bonchev–Trinajstić information content (AvgIpc) is 3.20. The molecule has 0 aromatic rings. The molecule has 0 saturated heterocycles. The predicted molar refractivity (Wildman–Crippen MR) is 242 cm³/mol. The van der Waals surface area contributed by atoms with Crippen molar-refractivity contribution in [1.82, 2.24) is 0 Å². The molecule has 5 heteroatoms. The van der Waals surface area contributed by atoms with Crippen molar-refractivity contribution in [3.63, 3.8) is 0 Å². The van der Waals surface area contributed by atoms with Gasteiger partial charge < -0.3 is 14.2 Å². The summed E-state index contributed by atoms with van der Waals surface area (Å²) < 4.78 is 17.3. The Kier molecular flexibility index (Phi) is 45.0. The molecular formula is C51H90O5. The molecule has 1 atom stereocenters. The third kappa shape index (κ3) is 44.3. The minimum Gasteiger partial charge on any atom is -0.462 e. The van der Waals surface area contributed by atoms with Crippen LogP contribution in [0.5, 0.6) is 0 Å². The number of esters is 2. The van der Waals surface area contributed by atoms with E-state index in [4.69, 9.17) is 14.2 Å². The van der Waals surface area contributed by atoms with Gasteiger partial charge in [-0.3, -0.25) is 9.59 Å². The normalized spacial score (nSPS) is 12.7. The molecule has 0 aromatic carbocycles. The van der Waals surface area contributed by atoms with Crippen LogP contribution < -0.4 is 0 Å². The van der Waals surface area contributed by atoms with Crippen LogP contribution in [0.2, 0.25) is 0 Å². The first kappa shape index (κ1) is 53.6. The zero-order valence-corrected chi connectivity index (χ0v) is 37.1. The molecule has 0 amide bonds. The van der Waals surface area contributed by atoms with Crippen molar-refractivity contribution in [3.05, 3.63) is 60.8 Å². The zero-order chi connectivity index (χ0) is 40.7. The Labute approximate surface area is 347 Å². The summed E-state index contributed by atoms with van der Waals surface area (Å²) in [6.45, 7) is 7.66. The van der Waals surface area contributed by atoms with Gasteiger partial charge in [-0.2, -0.15) is 0 Å². The summed E-state index contributed by atoms with van der Waals surface area (Å²) in [5.41, 5.74) is 0. The Hall–Kier alpha value is -2.40. The zero-order valence-electron chi connectivity index (χ0n) is 37.1. The smallest absolute Gasteiger partial charge is 0.306 e. The van der Waals surface area contributed by atoms with Gasteiger partial charge in [-0.25, -0.2) is 0 Å². The van der Waals surface area contributed by atoms with Gasteiger partial charge in [0.1, 0.15) is 6.61 Å². The second-order valence-corrected chi connectivity index (χ2v) is 15.6. The number of carbonyl (C=O) groups excluding carboxylic acids is 2. The molecule has 0 heterocycles. The summed E-state index contributed by atoms with van der Waals surface area (Å²) >= 11 is 0. The molecule has 0 radical (unpaired) electrons. The predicted octanol–water partition coefficient (Wildman–Crippen LogP) is 15.8. The van der Waals surface area contributed by atoms with Crippen LogP contribution in [0.1, 0.15) is 226 Å². The molecule has 5 nitrogen and oxygen atoms in total. The molecule has 0 aromatic heterocycles. The van der Waals surface area contributed by atoms with E-state index in [9.17, 15) is 9.59 Å². The summed E-state index contributed by atoms with van der Waals surface area (Å²) in [6.07, 6.45) is 57.9. The van der Waals surface area contributed by atoms with Crippen LogP contribution >= 0.6 is 0 Å². The number of rotatable bonds is 43. The first-order valence-corrected chi connectivity index (χ1v) is 23.8. The average molecular weight is 783 g/mol. The highest BCUT2D eigenvalue weighted by molar-refractivity contribution is 5.70. The van der Waals surface area contributed by atoms with Gasteiger partial charge in [0.2, 0.25) is 0 Å². The third-order valence-electron chi connectivity index (χ3n) is 10.0. The maximum Gasteiger partial charge on any atom is 0.306 e. The Morgan fingerprint density at radius 2 is 0.804 bits per heavy atom. The van der Waals surface area contributed by atoms with E-state index < -0.39 is 6.10 Å². The fraction of sp³-hybridized carbons (Fsp3) is 0.765. The number of ether oxygens (including phenoxy) is 3. The molecule has 0 spiro atoms. The first-order chi connectivity index (χ1) is 27.6. The van der Waals surface area contributed by atoms with Crippen LogP contribution in [0.3, 0.4) is 0 Å². The van der Waals surface area contributed by atoms with E-state index in [2.05, 4.69) is 81.5 Å². The van der Waals surface area contributed by atoms with Gasteiger partial charge in [0.05, 0.1) is 6.61 Å². The maximum absolute atomic E-state index is 12.7. The van der Waals surface area contributed by atoms with Crippen molar-refractivity contribution < 1.29 is 23.8 Å². The Morgan fingerprint density at radius 3 is 1.32 bits per heavy atom. The van der Waals surface area contributed by atoms with E-state index in [1.54, 1.807) is 0 Å². The fourth-order valence-corrected chi connectivity index (χ4v) is 6.49. The van der Waals surface area contributed by atoms with Gasteiger partial charge in [-0.1, -0.05) is 191 Å². The molecule has 0 aliphatic rings. The van der Waals surface area contributed by atoms with Gasteiger partial charge in [0.15, 0.2) is 6.10 Å². The summed E-state index contributed by atoms with van der Waals surface area (Å²) in [4.78, 5) is 25.3. The van der Waals surface area contributed by atoms with E-state index in [1.807, 2.05) is 0 Å². The van der Waals surface area contributed by atoms with Gasteiger partial charge >= 0.3 is 11.9 Å². The lowest BCUT2D eigenvalue weighted by Crippen LogP contribution is -2.30. The molecule has 56 heavy (non-hydrogen) atoms. The molecule has 0 saturated carbocycles. The molecule has 324 valence electrons. The Balaban J connectivity index is 4.21. The molecule has 0 fully saturated rings. The largest absolute Gasteiger partial charge is 0.462 e. The number of carbonyl (C=O) groups is 2. The van der Waals surface area contributed by atoms with Crippen molar-refractivity contribution in [2.45, 2.75) is 232 Å².